The minimum atomic E-state index is -0.669. The summed E-state index contributed by atoms with van der Waals surface area (Å²) in [7, 11) is 0. The average Bonchev–Trinajstić information content (AvgIpc) is 3.03. The molecule has 0 spiro atoms. The van der Waals surface area contributed by atoms with Gasteiger partial charge in [-0.05, 0) is 37.8 Å². The first-order valence-electron chi connectivity index (χ1n) is 15.9. The van der Waals surface area contributed by atoms with E-state index in [2.05, 4.69) is 12.8 Å². The molecule has 1 aliphatic carbocycles. The summed E-state index contributed by atoms with van der Waals surface area (Å²) >= 11 is 0. The number of hydrogen-bond donors (Lipinski definition) is 1. The van der Waals surface area contributed by atoms with Crippen molar-refractivity contribution in [1.29, 1.82) is 0 Å². The zero-order valence-electron chi connectivity index (χ0n) is 26.0. The van der Waals surface area contributed by atoms with Gasteiger partial charge in [0.2, 0.25) is 0 Å². The minimum Gasteiger partial charge on any atom is -0.488 e. The van der Waals surface area contributed by atoms with E-state index in [0.717, 1.165) is 13.0 Å². The van der Waals surface area contributed by atoms with Gasteiger partial charge in [0.15, 0.2) is 11.6 Å². The predicted molar refractivity (Wildman–Crippen MR) is 171 cm³/mol. The molecular weight excluding hydrogens is 556 g/mol. The van der Waals surface area contributed by atoms with Crippen molar-refractivity contribution in [2.45, 2.75) is 83.7 Å². The van der Waals surface area contributed by atoms with Crippen molar-refractivity contribution in [3.05, 3.63) is 76.4 Å². The van der Waals surface area contributed by atoms with Crippen LogP contribution in [0.2, 0.25) is 0 Å². The molecule has 0 aromatic heterocycles. The SMILES string of the molecule is C#CCCCC(O)/C=C/COc1c(CC(=O)CCCOCCOCCCCCCC)ccc2c1C(=O)c1ccccc1C2=O. The second-order valence-corrected chi connectivity index (χ2v) is 11.0. The Morgan fingerprint density at radius 3 is 2.32 bits per heavy atom. The molecule has 1 unspecified atom stereocenters. The molecule has 1 aliphatic rings. The fraction of sp³-hybridized carbons (Fsp3) is 0.486. The summed E-state index contributed by atoms with van der Waals surface area (Å²) in [6, 6.07) is 10.0. The lowest BCUT2D eigenvalue weighted by molar-refractivity contribution is -0.118. The van der Waals surface area contributed by atoms with Gasteiger partial charge in [-0.15, -0.1) is 12.3 Å². The number of aliphatic hydroxyl groups excluding tert-OH is 1. The van der Waals surface area contributed by atoms with Crippen LogP contribution in [0.1, 0.15) is 109 Å². The number of carbonyl (C=O) groups excluding carboxylic acids is 3. The fourth-order valence-electron chi connectivity index (χ4n) is 5.16. The summed E-state index contributed by atoms with van der Waals surface area (Å²) in [4.78, 5) is 39.8. The van der Waals surface area contributed by atoms with Crippen LogP contribution in [-0.4, -0.2) is 61.6 Å². The number of ether oxygens (including phenoxy) is 3. The second kappa shape index (κ2) is 19.7. The molecule has 236 valence electrons. The van der Waals surface area contributed by atoms with Gasteiger partial charge in [-0.25, -0.2) is 0 Å². The second-order valence-electron chi connectivity index (χ2n) is 11.0. The first-order chi connectivity index (χ1) is 21.5. The minimum absolute atomic E-state index is 0.0174. The third kappa shape index (κ3) is 10.9. The monoisotopic (exact) mass is 602 g/mol. The highest BCUT2D eigenvalue weighted by molar-refractivity contribution is 6.29. The van der Waals surface area contributed by atoms with Gasteiger partial charge >= 0.3 is 0 Å². The van der Waals surface area contributed by atoms with E-state index >= 15 is 0 Å². The van der Waals surface area contributed by atoms with Crippen LogP contribution < -0.4 is 4.74 Å². The molecule has 2 aromatic rings. The lowest BCUT2D eigenvalue weighted by Crippen LogP contribution is -2.23. The number of hydrogen-bond acceptors (Lipinski definition) is 7. The summed E-state index contributed by atoms with van der Waals surface area (Å²) in [5.74, 6) is 2.20. The van der Waals surface area contributed by atoms with E-state index in [9.17, 15) is 19.5 Å². The van der Waals surface area contributed by atoms with Crippen LogP contribution in [0.5, 0.6) is 5.75 Å². The van der Waals surface area contributed by atoms with Crippen LogP contribution >= 0.6 is 0 Å². The largest absolute Gasteiger partial charge is 0.488 e. The van der Waals surface area contributed by atoms with Crippen molar-refractivity contribution in [1.82, 2.24) is 0 Å². The molecule has 0 amide bonds. The van der Waals surface area contributed by atoms with E-state index in [1.165, 1.54) is 25.7 Å². The Balaban J connectivity index is 1.58. The van der Waals surface area contributed by atoms with Crippen molar-refractivity contribution in [3.8, 4) is 18.1 Å². The normalized spacial score (nSPS) is 13.0. The van der Waals surface area contributed by atoms with Gasteiger partial charge in [-0.1, -0.05) is 69.0 Å². The lowest BCUT2D eigenvalue weighted by atomic mass is 9.82. The van der Waals surface area contributed by atoms with Crippen molar-refractivity contribution in [2.24, 2.45) is 0 Å². The van der Waals surface area contributed by atoms with Gasteiger partial charge in [0, 0.05) is 54.7 Å². The standard InChI is InChI=1S/C37H46O7/c1-3-5-7-8-12-22-42-25-26-43-23-13-17-30(39)27-28-20-21-33-34(36(41)32-19-11-10-18-31(32)35(33)40)37(28)44-24-14-16-29(38)15-9-6-4-2/h2,10-11,14,16,18-21,29,38H,3,5-9,12-13,15,17,22-27H2,1H3/b16-14+. The number of aliphatic hydroxyl groups is 1. The van der Waals surface area contributed by atoms with Crippen LogP contribution in [0.25, 0.3) is 0 Å². The van der Waals surface area contributed by atoms with Crippen LogP contribution in [0.15, 0.2) is 48.6 Å². The fourth-order valence-corrected chi connectivity index (χ4v) is 5.16. The van der Waals surface area contributed by atoms with Crippen molar-refractivity contribution < 1.29 is 33.7 Å². The van der Waals surface area contributed by atoms with Gasteiger partial charge in [-0.2, -0.15) is 0 Å². The molecule has 1 N–H and O–H groups in total. The van der Waals surface area contributed by atoms with Gasteiger partial charge in [0.25, 0.3) is 0 Å². The predicted octanol–water partition coefficient (Wildman–Crippen LogP) is 6.46. The number of Topliss-reactive ketones (excluding diaryl/α,β-unsaturated/α-hetero) is 1. The molecule has 7 nitrogen and oxygen atoms in total. The van der Waals surface area contributed by atoms with Gasteiger partial charge < -0.3 is 19.3 Å². The average molecular weight is 603 g/mol. The zero-order valence-corrected chi connectivity index (χ0v) is 26.0. The summed E-state index contributed by atoms with van der Waals surface area (Å²) in [5.41, 5.74) is 1.65. The quantitative estimate of drug-likeness (QED) is 0.0801. The highest BCUT2D eigenvalue weighted by Gasteiger charge is 2.33. The molecule has 44 heavy (non-hydrogen) atoms. The summed E-state index contributed by atoms with van der Waals surface area (Å²) in [6.07, 6.45) is 16.7. The molecule has 3 rings (SSSR count). The molecule has 0 radical (unpaired) electrons. The van der Waals surface area contributed by atoms with Crippen molar-refractivity contribution in [2.75, 3.05) is 33.0 Å². The topological polar surface area (TPSA) is 99.1 Å². The molecule has 2 aromatic carbocycles. The first kappa shape index (κ1) is 34.9. The van der Waals surface area contributed by atoms with Crippen LogP contribution in [0.4, 0.5) is 0 Å². The molecule has 7 heteroatoms. The molecule has 0 saturated heterocycles. The summed E-state index contributed by atoms with van der Waals surface area (Å²) < 4.78 is 17.3. The lowest BCUT2D eigenvalue weighted by Gasteiger charge is -2.22. The number of unbranched alkanes of at least 4 members (excludes halogenated alkanes) is 5. The number of fused-ring (bicyclic) bond motifs is 2. The third-order valence-electron chi connectivity index (χ3n) is 7.53. The first-order valence-corrected chi connectivity index (χ1v) is 15.9. The highest BCUT2D eigenvalue weighted by atomic mass is 16.5. The van der Waals surface area contributed by atoms with Crippen LogP contribution in [0, 0.1) is 12.3 Å². The van der Waals surface area contributed by atoms with E-state index < -0.39 is 6.10 Å². The molecule has 0 bridgehead atoms. The maximum Gasteiger partial charge on any atom is 0.198 e. The highest BCUT2D eigenvalue weighted by Crippen LogP contribution is 2.36. The van der Waals surface area contributed by atoms with E-state index in [-0.39, 0.29) is 47.3 Å². The Hall–Kier alpha value is -3.57. The number of benzene rings is 2. The molecule has 0 heterocycles. The van der Waals surface area contributed by atoms with E-state index in [1.54, 1.807) is 48.6 Å². The smallest absolute Gasteiger partial charge is 0.198 e. The Kier molecular flexibility index (Phi) is 15.6. The van der Waals surface area contributed by atoms with E-state index in [0.29, 0.717) is 68.6 Å². The van der Waals surface area contributed by atoms with Gasteiger partial charge in [-0.3, -0.25) is 14.4 Å². The molecule has 0 fully saturated rings. The third-order valence-corrected chi connectivity index (χ3v) is 7.53. The number of terminal acetylenes is 1. The van der Waals surface area contributed by atoms with E-state index in [1.807, 2.05) is 0 Å². The summed E-state index contributed by atoms with van der Waals surface area (Å²) in [6.45, 7) is 4.50. The Bertz CT molecular complexity index is 1300. The number of carbonyl (C=O) groups is 3. The molecule has 1 atom stereocenters. The van der Waals surface area contributed by atoms with Crippen molar-refractivity contribution >= 4 is 17.3 Å². The zero-order chi connectivity index (χ0) is 31.6. The van der Waals surface area contributed by atoms with Crippen LogP contribution in [0.3, 0.4) is 0 Å². The van der Waals surface area contributed by atoms with Crippen molar-refractivity contribution in [3.63, 3.8) is 0 Å². The molecule has 0 saturated carbocycles. The Labute approximate surface area is 262 Å². The van der Waals surface area contributed by atoms with Gasteiger partial charge in [0.05, 0.1) is 24.9 Å². The van der Waals surface area contributed by atoms with E-state index in [4.69, 9.17) is 20.6 Å². The van der Waals surface area contributed by atoms with Gasteiger partial charge in [0.1, 0.15) is 18.1 Å². The summed E-state index contributed by atoms with van der Waals surface area (Å²) in [5, 5.41) is 10.2. The number of rotatable bonds is 22. The number of ketones is 3. The maximum atomic E-state index is 13.6. The molecule has 0 aliphatic heterocycles. The maximum absolute atomic E-state index is 13.6. The van der Waals surface area contributed by atoms with Crippen LogP contribution in [-0.2, 0) is 20.7 Å². The Morgan fingerprint density at radius 2 is 1.59 bits per heavy atom. The molecular formula is C37H46O7. The Morgan fingerprint density at radius 1 is 0.886 bits per heavy atom.